The number of benzene rings is 1. The molecule has 2 aromatic rings. The minimum absolute atomic E-state index is 0.616. The van der Waals surface area contributed by atoms with Crippen molar-refractivity contribution in [1.29, 1.82) is 5.26 Å². The van der Waals surface area contributed by atoms with Gasteiger partial charge in [-0.3, -0.25) is 0 Å². The monoisotopic (exact) mass is 279 g/mol. The molecule has 0 aliphatic heterocycles. The predicted molar refractivity (Wildman–Crippen MR) is 84.6 cm³/mol. The average Bonchev–Trinajstić information content (AvgIpc) is 2.55. The Kier molecular flexibility index (Phi) is 5.90. The molecule has 0 radical (unpaired) electrons. The normalized spacial score (nSPS) is 10.3. The molecule has 0 unspecified atom stereocenters. The average molecular weight is 279 g/mol. The van der Waals surface area contributed by atoms with Crippen LogP contribution in [0.4, 0.5) is 0 Å². The van der Waals surface area contributed by atoms with Crippen LogP contribution >= 0.6 is 0 Å². The molecule has 2 rings (SSSR count). The van der Waals surface area contributed by atoms with Crippen LogP contribution in [0.1, 0.15) is 50.2 Å². The molecule has 1 aromatic heterocycles. The Hall–Kier alpha value is -2.21. The zero-order valence-corrected chi connectivity index (χ0v) is 12.5. The maximum atomic E-state index is 9.12. The zero-order valence-electron chi connectivity index (χ0n) is 12.5. The zero-order chi connectivity index (χ0) is 14.9. The molecule has 3 heteroatoms. The summed E-state index contributed by atoms with van der Waals surface area (Å²) >= 11 is 0. The summed E-state index contributed by atoms with van der Waals surface area (Å²) in [4.78, 5) is 8.82. The van der Waals surface area contributed by atoms with Crippen molar-refractivity contribution in [2.24, 2.45) is 0 Å². The molecule has 1 aromatic carbocycles. The van der Waals surface area contributed by atoms with Crippen molar-refractivity contribution in [1.82, 2.24) is 9.97 Å². The molecule has 0 fully saturated rings. The van der Waals surface area contributed by atoms with E-state index in [9.17, 15) is 0 Å². The van der Waals surface area contributed by atoms with Crippen LogP contribution in [0.15, 0.2) is 36.7 Å². The van der Waals surface area contributed by atoms with Crippen LogP contribution in [0.3, 0.4) is 0 Å². The van der Waals surface area contributed by atoms with Crippen molar-refractivity contribution < 1.29 is 0 Å². The van der Waals surface area contributed by atoms with Gasteiger partial charge in [-0.05, 0) is 30.5 Å². The fraction of sp³-hybridized carbons (Fsp3) is 0.389. The van der Waals surface area contributed by atoms with Gasteiger partial charge in [0.1, 0.15) is 0 Å². The first-order chi connectivity index (χ1) is 10.3. The van der Waals surface area contributed by atoms with E-state index < -0.39 is 0 Å². The molecule has 0 aliphatic rings. The van der Waals surface area contributed by atoms with Crippen LogP contribution < -0.4 is 0 Å². The van der Waals surface area contributed by atoms with Gasteiger partial charge in [0.15, 0.2) is 5.82 Å². The third-order valence-corrected chi connectivity index (χ3v) is 3.56. The Morgan fingerprint density at radius 1 is 1.00 bits per heavy atom. The summed E-state index contributed by atoms with van der Waals surface area (Å²) in [5, 5.41) is 9.12. The van der Waals surface area contributed by atoms with E-state index in [2.05, 4.69) is 23.0 Å². The molecular weight excluding hydrogens is 258 g/mol. The van der Waals surface area contributed by atoms with Gasteiger partial charge in [0.25, 0.3) is 0 Å². The third kappa shape index (κ3) is 4.39. The van der Waals surface area contributed by atoms with E-state index in [0.717, 1.165) is 12.0 Å². The number of hydrogen-bond acceptors (Lipinski definition) is 3. The fourth-order valence-corrected chi connectivity index (χ4v) is 2.33. The van der Waals surface area contributed by atoms with E-state index in [1.54, 1.807) is 6.07 Å². The van der Waals surface area contributed by atoms with Gasteiger partial charge in [-0.2, -0.15) is 5.26 Å². The van der Waals surface area contributed by atoms with Crippen LogP contribution in [0.5, 0.6) is 0 Å². The van der Waals surface area contributed by atoms with Gasteiger partial charge < -0.3 is 0 Å². The lowest BCUT2D eigenvalue weighted by Gasteiger charge is -2.04. The number of unbranched alkanes of at least 4 members (excludes halogenated alkanes) is 4. The molecule has 0 saturated heterocycles. The van der Waals surface area contributed by atoms with Crippen LogP contribution in [-0.2, 0) is 6.42 Å². The van der Waals surface area contributed by atoms with E-state index in [1.165, 1.54) is 37.7 Å². The minimum Gasteiger partial charge on any atom is -0.236 e. The van der Waals surface area contributed by atoms with E-state index in [4.69, 9.17) is 5.26 Å². The van der Waals surface area contributed by atoms with Crippen molar-refractivity contribution >= 4 is 0 Å². The Labute approximate surface area is 126 Å². The summed E-state index contributed by atoms with van der Waals surface area (Å²) in [6.07, 6.45) is 11.2. The number of aromatic nitrogens is 2. The summed E-state index contributed by atoms with van der Waals surface area (Å²) in [6.45, 7) is 2.23. The second-order valence-electron chi connectivity index (χ2n) is 5.24. The van der Waals surface area contributed by atoms with Crippen molar-refractivity contribution in [3.05, 3.63) is 47.8 Å². The first-order valence-corrected chi connectivity index (χ1v) is 7.65. The smallest absolute Gasteiger partial charge is 0.160 e. The lowest BCUT2D eigenvalue weighted by atomic mass is 10.1. The third-order valence-electron chi connectivity index (χ3n) is 3.56. The number of nitriles is 1. The second-order valence-corrected chi connectivity index (χ2v) is 5.24. The first-order valence-electron chi connectivity index (χ1n) is 7.65. The van der Waals surface area contributed by atoms with E-state index in [0.29, 0.717) is 11.4 Å². The highest BCUT2D eigenvalue weighted by molar-refractivity contribution is 5.63. The Bertz CT molecular complexity index is 597. The first kappa shape index (κ1) is 15.2. The fourth-order valence-electron chi connectivity index (χ4n) is 2.33. The van der Waals surface area contributed by atoms with Crippen molar-refractivity contribution in [2.45, 2.75) is 45.4 Å². The van der Waals surface area contributed by atoms with Crippen molar-refractivity contribution in [2.75, 3.05) is 0 Å². The topological polar surface area (TPSA) is 49.6 Å². The van der Waals surface area contributed by atoms with Gasteiger partial charge in [-0.25, -0.2) is 9.97 Å². The van der Waals surface area contributed by atoms with Crippen molar-refractivity contribution in [3.8, 4) is 17.5 Å². The van der Waals surface area contributed by atoms with E-state index in [1.807, 2.05) is 30.6 Å². The SMILES string of the molecule is CCCCCCCc1cnc(-c2ccccc2C#N)nc1. The summed E-state index contributed by atoms with van der Waals surface area (Å²) in [7, 11) is 0. The second kappa shape index (κ2) is 8.16. The molecule has 0 amide bonds. The molecule has 0 saturated carbocycles. The molecule has 0 spiro atoms. The molecule has 0 atom stereocenters. The highest BCUT2D eigenvalue weighted by Crippen LogP contribution is 2.19. The maximum absolute atomic E-state index is 9.12. The number of nitrogens with zero attached hydrogens (tertiary/aromatic N) is 3. The van der Waals surface area contributed by atoms with Gasteiger partial charge in [-0.15, -0.1) is 0 Å². The van der Waals surface area contributed by atoms with Crippen LogP contribution in [0.2, 0.25) is 0 Å². The summed E-state index contributed by atoms with van der Waals surface area (Å²) in [5.41, 5.74) is 2.59. The molecule has 0 bridgehead atoms. The van der Waals surface area contributed by atoms with E-state index in [-0.39, 0.29) is 0 Å². The highest BCUT2D eigenvalue weighted by Gasteiger charge is 2.06. The van der Waals surface area contributed by atoms with Gasteiger partial charge >= 0.3 is 0 Å². The molecular formula is C18H21N3. The lowest BCUT2D eigenvalue weighted by Crippen LogP contribution is -1.95. The Balaban J connectivity index is 1.97. The molecule has 0 aliphatic carbocycles. The summed E-state index contributed by atoms with van der Waals surface area (Å²) < 4.78 is 0. The lowest BCUT2D eigenvalue weighted by molar-refractivity contribution is 0.631. The minimum atomic E-state index is 0.616. The molecule has 3 nitrogen and oxygen atoms in total. The molecule has 108 valence electrons. The van der Waals surface area contributed by atoms with Crippen LogP contribution in [0.25, 0.3) is 11.4 Å². The number of aryl methyl sites for hydroxylation is 1. The molecule has 1 heterocycles. The number of hydrogen-bond donors (Lipinski definition) is 0. The standard InChI is InChI=1S/C18H21N3/c1-2-3-4-5-6-9-15-13-20-18(21-14-15)17-11-8-7-10-16(17)12-19/h7-8,10-11,13-14H,2-6,9H2,1H3. The molecule has 0 N–H and O–H groups in total. The maximum Gasteiger partial charge on any atom is 0.160 e. The van der Waals surface area contributed by atoms with Gasteiger partial charge in [-0.1, -0.05) is 44.7 Å². The Morgan fingerprint density at radius 3 is 2.43 bits per heavy atom. The summed E-state index contributed by atoms with van der Waals surface area (Å²) in [5.74, 6) is 0.627. The Morgan fingerprint density at radius 2 is 1.71 bits per heavy atom. The van der Waals surface area contributed by atoms with E-state index >= 15 is 0 Å². The number of rotatable bonds is 7. The quantitative estimate of drug-likeness (QED) is 0.700. The largest absolute Gasteiger partial charge is 0.236 e. The predicted octanol–water partition coefficient (Wildman–Crippen LogP) is 4.53. The highest BCUT2D eigenvalue weighted by atomic mass is 14.9. The van der Waals surface area contributed by atoms with Gasteiger partial charge in [0.05, 0.1) is 11.6 Å². The van der Waals surface area contributed by atoms with Gasteiger partial charge in [0, 0.05) is 18.0 Å². The summed E-state index contributed by atoms with van der Waals surface area (Å²) in [6, 6.07) is 9.62. The van der Waals surface area contributed by atoms with Crippen molar-refractivity contribution in [3.63, 3.8) is 0 Å². The van der Waals surface area contributed by atoms with Crippen LogP contribution in [0, 0.1) is 11.3 Å². The molecule has 21 heavy (non-hydrogen) atoms. The van der Waals surface area contributed by atoms with Gasteiger partial charge in [0.2, 0.25) is 0 Å². The van der Waals surface area contributed by atoms with Crippen LogP contribution in [-0.4, -0.2) is 9.97 Å².